The highest BCUT2D eigenvalue weighted by Crippen LogP contribution is 2.35. The topological polar surface area (TPSA) is 157 Å². The van der Waals surface area contributed by atoms with Gasteiger partial charge in [-0.25, -0.2) is 9.59 Å². The molecule has 2 aliphatic heterocycles. The van der Waals surface area contributed by atoms with E-state index in [4.69, 9.17) is 33.2 Å². The van der Waals surface area contributed by atoms with Crippen LogP contribution in [0.4, 0.5) is 11.4 Å². The molecular weight excluding hydrogens is 588 g/mol. The number of benzene rings is 4. The molecule has 2 aliphatic rings. The monoisotopic (exact) mass is 612 g/mol. The zero-order valence-electron chi connectivity index (χ0n) is 23.4. The molecule has 0 aliphatic carbocycles. The average molecular weight is 613 g/mol. The smallest absolute Gasteiger partial charge is 0.338 e. The van der Waals surface area contributed by atoms with Crippen LogP contribution in [0.5, 0.6) is 34.5 Å². The van der Waals surface area contributed by atoms with Crippen LogP contribution in [0.15, 0.2) is 84.9 Å². The Hall–Kier alpha value is -6.24. The van der Waals surface area contributed by atoms with Gasteiger partial charge in [-0.3, -0.25) is 9.59 Å². The summed E-state index contributed by atoms with van der Waals surface area (Å²) in [5, 5.41) is 5.25. The SMILES string of the molecule is O=C(COC(=O)c1ccc(Oc2ccc(C(=O)OCC(=O)Nc3ccc4c(c3)OCO4)cc2)cc1)Nc1ccc2c(c1)OCO2. The van der Waals surface area contributed by atoms with Gasteiger partial charge in [0.05, 0.1) is 11.1 Å². The van der Waals surface area contributed by atoms with E-state index in [1.807, 2.05) is 0 Å². The molecule has 0 radical (unpaired) electrons. The standard InChI is InChI=1S/C32H24N2O11/c35-29(33-21-5-11-25-27(13-21)43-17-41-25)15-39-31(37)19-1-7-23(8-2-19)45-24-9-3-20(4-10-24)32(38)40-16-30(36)34-22-6-12-26-28(14-22)44-18-42-26/h1-14H,15-18H2,(H,33,35)(H,34,36). The number of nitrogens with one attached hydrogen (secondary N) is 2. The molecule has 2 heterocycles. The number of ether oxygens (including phenoxy) is 7. The van der Waals surface area contributed by atoms with E-state index in [-0.39, 0.29) is 24.7 Å². The minimum atomic E-state index is -0.685. The van der Waals surface area contributed by atoms with Crippen molar-refractivity contribution in [1.29, 1.82) is 0 Å². The van der Waals surface area contributed by atoms with Crippen LogP contribution in [0.3, 0.4) is 0 Å². The maximum Gasteiger partial charge on any atom is 0.338 e. The molecule has 45 heavy (non-hydrogen) atoms. The van der Waals surface area contributed by atoms with Crippen molar-refractivity contribution < 1.29 is 52.3 Å². The van der Waals surface area contributed by atoms with Crippen molar-refractivity contribution in [2.24, 2.45) is 0 Å². The highest BCUT2D eigenvalue weighted by atomic mass is 16.7. The van der Waals surface area contributed by atoms with Gasteiger partial charge in [-0.05, 0) is 72.8 Å². The second kappa shape index (κ2) is 13.0. The quantitative estimate of drug-likeness (QED) is 0.243. The molecule has 13 nitrogen and oxygen atoms in total. The second-order valence-corrected chi connectivity index (χ2v) is 9.54. The predicted octanol–water partition coefficient (Wildman–Crippen LogP) is 4.53. The zero-order chi connectivity index (χ0) is 31.2. The second-order valence-electron chi connectivity index (χ2n) is 9.54. The van der Waals surface area contributed by atoms with E-state index in [0.29, 0.717) is 45.9 Å². The summed E-state index contributed by atoms with van der Waals surface area (Å²) in [6.07, 6.45) is 0. The Kier molecular flexibility index (Phi) is 8.31. The fourth-order valence-electron chi connectivity index (χ4n) is 4.23. The van der Waals surface area contributed by atoms with Gasteiger partial charge in [-0.1, -0.05) is 0 Å². The Balaban J connectivity index is 0.931. The lowest BCUT2D eigenvalue weighted by atomic mass is 10.2. The van der Waals surface area contributed by atoms with Gasteiger partial charge in [-0.2, -0.15) is 0 Å². The zero-order valence-corrected chi connectivity index (χ0v) is 23.4. The Bertz CT molecular complexity index is 1630. The van der Waals surface area contributed by atoms with Gasteiger partial charge < -0.3 is 43.8 Å². The van der Waals surface area contributed by atoms with Crippen molar-refractivity contribution in [2.75, 3.05) is 37.4 Å². The molecule has 4 aromatic carbocycles. The third-order valence-electron chi connectivity index (χ3n) is 6.40. The molecule has 0 fully saturated rings. The molecule has 2 N–H and O–H groups in total. The van der Waals surface area contributed by atoms with Crippen molar-refractivity contribution in [1.82, 2.24) is 0 Å². The summed E-state index contributed by atoms with van der Waals surface area (Å²) < 4.78 is 37.0. The summed E-state index contributed by atoms with van der Waals surface area (Å²) >= 11 is 0. The van der Waals surface area contributed by atoms with Gasteiger partial charge >= 0.3 is 11.9 Å². The summed E-state index contributed by atoms with van der Waals surface area (Å²) in [6, 6.07) is 22.1. The van der Waals surface area contributed by atoms with Crippen molar-refractivity contribution >= 4 is 35.1 Å². The number of amides is 2. The van der Waals surface area contributed by atoms with Gasteiger partial charge in [0.2, 0.25) is 13.6 Å². The molecule has 13 heteroatoms. The molecule has 0 spiro atoms. The summed E-state index contributed by atoms with van der Waals surface area (Å²) in [5.41, 5.74) is 1.40. The van der Waals surface area contributed by atoms with Gasteiger partial charge in [-0.15, -0.1) is 0 Å². The predicted molar refractivity (Wildman–Crippen MR) is 156 cm³/mol. The molecule has 0 saturated heterocycles. The molecule has 0 unspecified atom stereocenters. The summed E-state index contributed by atoms with van der Waals surface area (Å²) in [4.78, 5) is 49.2. The van der Waals surface area contributed by atoms with E-state index >= 15 is 0 Å². The Morgan fingerprint density at radius 3 is 1.36 bits per heavy atom. The van der Waals surface area contributed by atoms with Crippen LogP contribution >= 0.6 is 0 Å². The highest BCUT2D eigenvalue weighted by Gasteiger charge is 2.17. The number of esters is 2. The summed E-state index contributed by atoms with van der Waals surface area (Å²) in [5.74, 6) is 0.640. The fourth-order valence-corrected chi connectivity index (χ4v) is 4.23. The number of carbonyl (C=O) groups excluding carboxylic acids is 4. The molecule has 4 aromatic rings. The van der Waals surface area contributed by atoms with Crippen molar-refractivity contribution in [3.8, 4) is 34.5 Å². The maximum atomic E-state index is 12.4. The van der Waals surface area contributed by atoms with E-state index in [2.05, 4.69) is 10.6 Å². The van der Waals surface area contributed by atoms with E-state index in [0.717, 1.165) is 0 Å². The molecule has 228 valence electrons. The van der Waals surface area contributed by atoms with Gasteiger partial charge in [0.25, 0.3) is 11.8 Å². The van der Waals surface area contributed by atoms with Crippen LogP contribution in [0.1, 0.15) is 20.7 Å². The van der Waals surface area contributed by atoms with Crippen LogP contribution in [0.2, 0.25) is 0 Å². The lowest BCUT2D eigenvalue weighted by Crippen LogP contribution is -2.20. The molecule has 0 atom stereocenters. The molecule has 0 bridgehead atoms. The molecular formula is C32H24N2O11. The minimum absolute atomic E-state index is 0.116. The molecule has 0 saturated carbocycles. The summed E-state index contributed by atoms with van der Waals surface area (Å²) in [6.45, 7) is -0.730. The number of fused-ring (bicyclic) bond motifs is 2. The van der Waals surface area contributed by atoms with Crippen LogP contribution in [-0.4, -0.2) is 50.6 Å². The largest absolute Gasteiger partial charge is 0.457 e. The number of hydrogen-bond acceptors (Lipinski definition) is 11. The first-order valence-corrected chi connectivity index (χ1v) is 13.5. The minimum Gasteiger partial charge on any atom is -0.457 e. The Morgan fingerprint density at radius 1 is 0.533 bits per heavy atom. The van der Waals surface area contributed by atoms with Crippen LogP contribution in [0.25, 0.3) is 0 Å². The van der Waals surface area contributed by atoms with Crippen molar-refractivity contribution in [3.05, 3.63) is 96.1 Å². The van der Waals surface area contributed by atoms with E-state index in [1.54, 1.807) is 60.7 Å². The molecule has 6 rings (SSSR count). The number of anilines is 2. The lowest BCUT2D eigenvalue weighted by Gasteiger charge is -2.09. The average Bonchev–Trinajstić information content (AvgIpc) is 3.72. The molecule has 0 aromatic heterocycles. The summed E-state index contributed by atoms with van der Waals surface area (Å²) in [7, 11) is 0. The fraction of sp³-hybridized carbons (Fsp3) is 0.125. The first-order chi connectivity index (χ1) is 21.9. The third kappa shape index (κ3) is 7.22. The highest BCUT2D eigenvalue weighted by molar-refractivity contribution is 5.96. The van der Waals surface area contributed by atoms with Crippen LogP contribution in [0, 0.1) is 0 Å². The van der Waals surface area contributed by atoms with Gasteiger partial charge in [0.15, 0.2) is 36.2 Å². The van der Waals surface area contributed by atoms with Gasteiger partial charge in [0, 0.05) is 23.5 Å². The number of hydrogen-bond donors (Lipinski definition) is 2. The van der Waals surface area contributed by atoms with E-state index in [9.17, 15) is 19.2 Å². The van der Waals surface area contributed by atoms with Gasteiger partial charge in [0.1, 0.15) is 11.5 Å². The molecule has 2 amide bonds. The Morgan fingerprint density at radius 2 is 0.933 bits per heavy atom. The first-order valence-electron chi connectivity index (χ1n) is 13.5. The number of rotatable bonds is 10. The van der Waals surface area contributed by atoms with Crippen LogP contribution < -0.4 is 34.3 Å². The van der Waals surface area contributed by atoms with Crippen molar-refractivity contribution in [3.63, 3.8) is 0 Å². The van der Waals surface area contributed by atoms with Crippen molar-refractivity contribution in [2.45, 2.75) is 0 Å². The lowest BCUT2D eigenvalue weighted by molar-refractivity contribution is -0.119. The van der Waals surface area contributed by atoms with E-state index in [1.165, 1.54) is 24.3 Å². The third-order valence-corrected chi connectivity index (χ3v) is 6.40. The van der Waals surface area contributed by atoms with E-state index < -0.39 is 37.0 Å². The maximum absolute atomic E-state index is 12.4. The normalized spacial score (nSPS) is 12.2. The first kappa shape index (κ1) is 28.9. The van der Waals surface area contributed by atoms with Crippen LogP contribution in [-0.2, 0) is 19.1 Å². The number of carbonyl (C=O) groups is 4. The Labute approximate surface area is 255 Å².